The molecule has 0 aliphatic carbocycles. The number of rotatable bonds is 5. The Morgan fingerprint density at radius 1 is 1.42 bits per heavy atom. The quantitative estimate of drug-likeness (QED) is 0.375. The third-order valence-electron chi connectivity index (χ3n) is 2.56. The van der Waals surface area contributed by atoms with Crippen LogP contribution in [-0.2, 0) is 9.09 Å². The van der Waals surface area contributed by atoms with Crippen LogP contribution in [0.2, 0.25) is 0 Å². The molecule has 2 unspecified atom stereocenters. The molecule has 0 aromatic rings. The third-order valence-corrected chi connectivity index (χ3v) is 4.33. The highest BCUT2D eigenvalue weighted by Gasteiger charge is 2.75. The smallest absolute Gasteiger partial charge is 0.0805 e. The van der Waals surface area contributed by atoms with Crippen molar-refractivity contribution >= 4 is 8.03 Å². The SMILES string of the molecule is CCCCCC1(C(C)C)O[P+]1=O. The van der Waals surface area contributed by atoms with Crippen molar-refractivity contribution in [3.63, 3.8) is 0 Å². The molecule has 12 heavy (non-hydrogen) atoms. The van der Waals surface area contributed by atoms with Crippen LogP contribution in [0.5, 0.6) is 0 Å². The maximum Gasteiger partial charge on any atom is 0.553 e. The zero-order valence-electron chi connectivity index (χ0n) is 8.17. The second kappa shape index (κ2) is 3.85. The molecule has 0 saturated carbocycles. The lowest BCUT2D eigenvalue weighted by Crippen LogP contribution is -2.16. The lowest BCUT2D eigenvalue weighted by molar-refractivity contribution is 0.224. The van der Waals surface area contributed by atoms with Gasteiger partial charge >= 0.3 is 13.4 Å². The van der Waals surface area contributed by atoms with E-state index in [9.17, 15) is 4.57 Å². The monoisotopic (exact) mass is 189 g/mol. The normalized spacial score (nSPS) is 31.2. The maximum atomic E-state index is 11.2. The van der Waals surface area contributed by atoms with Crippen molar-refractivity contribution in [3.05, 3.63) is 0 Å². The molecule has 1 fully saturated rings. The average Bonchev–Trinajstić information content (AvgIpc) is 2.64. The van der Waals surface area contributed by atoms with E-state index < -0.39 is 8.03 Å². The summed E-state index contributed by atoms with van der Waals surface area (Å²) in [5, 5.41) is -0.232. The number of hydrogen-bond acceptors (Lipinski definition) is 2. The molecular weight excluding hydrogens is 171 g/mol. The molecule has 2 nitrogen and oxygen atoms in total. The van der Waals surface area contributed by atoms with Gasteiger partial charge in [0.15, 0.2) is 0 Å². The Hall–Kier alpha value is 0.0600. The van der Waals surface area contributed by atoms with E-state index in [1.54, 1.807) is 0 Å². The van der Waals surface area contributed by atoms with Crippen LogP contribution in [0.15, 0.2) is 0 Å². The molecule has 1 heterocycles. The minimum absolute atomic E-state index is 0.232. The van der Waals surface area contributed by atoms with Gasteiger partial charge in [-0.05, 0) is 11.0 Å². The van der Waals surface area contributed by atoms with Gasteiger partial charge in [0.25, 0.3) is 0 Å². The van der Waals surface area contributed by atoms with Gasteiger partial charge in [-0.2, -0.15) is 0 Å². The largest absolute Gasteiger partial charge is 0.553 e. The van der Waals surface area contributed by atoms with Crippen molar-refractivity contribution in [2.75, 3.05) is 0 Å². The molecule has 0 aromatic heterocycles. The summed E-state index contributed by atoms with van der Waals surface area (Å²) in [6, 6.07) is 0. The molecule has 1 aliphatic heterocycles. The van der Waals surface area contributed by atoms with Crippen LogP contribution in [0.4, 0.5) is 0 Å². The zero-order valence-corrected chi connectivity index (χ0v) is 9.06. The molecule has 1 aliphatic rings. The lowest BCUT2D eigenvalue weighted by Gasteiger charge is -2.04. The second-order valence-electron chi connectivity index (χ2n) is 3.81. The topological polar surface area (TPSA) is 29.6 Å². The second-order valence-corrected chi connectivity index (χ2v) is 5.26. The first-order valence-corrected chi connectivity index (χ1v) is 5.97. The van der Waals surface area contributed by atoms with E-state index in [1.807, 2.05) is 0 Å². The molecule has 70 valence electrons. The molecule has 0 spiro atoms. The van der Waals surface area contributed by atoms with Crippen molar-refractivity contribution in [2.45, 2.75) is 51.8 Å². The molecule has 0 amide bonds. The molecule has 2 atom stereocenters. The van der Waals surface area contributed by atoms with Gasteiger partial charge in [0.1, 0.15) is 0 Å². The minimum atomic E-state index is -1.32. The standard InChI is InChI=1S/C9H18O2P/c1-4-5-6-7-9(8(2)3)11-12(9)10/h8H,4-7H2,1-3H3/q+1. The summed E-state index contributed by atoms with van der Waals surface area (Å²) in [6.45, 7) is 6.36. The average molecular weight is 189 g/mol. The van der Waals surface area contributed by atoms with E-state index in [0.29, 0.717) is 5.92 Å². The predicted molar refractivity (Wildman–Crippen MR) is 50.4 cm³/mol. The van der Waals surface area contributed by atoms with Crippen LogP contribution in [0.25, 0.3) is 0 Å². The van der Waals surface area contributed by atoms with Crippen LogP contribution >= 0.6 is 8.03 Å². The molecule has 3 heteroatoms. The minimum Gasteiger partial charge on any atom is -0.0805 e. The highest BCUT2D eigenvalue weighted by molar-refractivity contribution is 7.47. The van der Waals surface area contributed by atoms with Crippen LogP contribution in [0, 0.1) is 5.92 Å². The summed E-state index contributed by atoms with van der Waals surface area (Å²) in [7, 11) is -1.32. The van der Waals surface area contributed by atoms with Crippen molar-refractivity contribution in [1.29, 1.82) is 0 Å². The van der Waals surface area contributed by atoms with Gasteiger partial charge in [0, 0.05) is 12.3 Å². The molecule has 0 aromatic carbocycles. The summed E-state index contributed by atoms with van der Waals surface area (Å²) in [4.78, 5) is 0. The highest BCUT2D eigenvalue weighted by atomic mass is 31.1. The van der Waals surface area contributed by atoms with Gasteiger partial charge in [-0.3, -0.25) is 0 Å². The maximum absolute atomic E-state index is 11.2. The van der Waals surface area contributed by atoms with E-state index in [1.165, 1.54) is 12.8 Å². The fourth-order valence-corrected chi connectivity index (χ4v) is 2.90. The summed E-state index contributed by atoms with van der Waals surface area (Å²) in [6.07, 6.45) is 4.56. The van der Waals surface area contributed by atoms with Gasteiger partial charge in [-0.1, -0.05) is 38.1 Å². The Labute approximate surface area is 75.6 Å². The van der Waals surface area contributed by atoms with E-state index in [4.69, 9.17) is 4.52 Å². The van der Waals surface area contributed by atoms with Gasteiger partial charge in [0.05, 0.1) is 0 Å². The molecular formula is C9H18O2P+. The van der Waals surface area contributed by atoms with Crippen LogP contribution in [0.1, 0.15) is 46.5 Å². The highest BCUT2D eigenvalue weighted by Crippen LogP contribution is 2.67. The van der Waals surface area contributed by atoms with Crippen molar-refractivity contribution in [3.8, 4) is 0 Å². The first kappa shape index (κ1) is 10.1. The molecule has 1 saturated heterocycles. The third kappa shape index (κ3) is 1.86. The van der Waals surface area contributed by atoms with Gasteiger partial charge in [-0.15, -0.1) is 0 Å². The molecule has 0 radical (unpaired) electrons. The lowest BCUT2D eigenvalue weighted by atomic mass is 10.0. The van der Waals surface area contributed by atoms with Gasteiger partial charge in [-0.25, -0.2) is 0 Å². The van der Waals surface area contributed by atoms with E-state index in [-0.39, 0.29) is 5.34 Å². The van der Waals surface area contributed by atoms with E-state index in [0.717, 1.165) is 12.8 Å². The number of unbranched alkanes of at least 4 members (excludes halogenated alkanes) is 2. The summed E-state index contributed by atoms with van der Waals surface area (Å²) >= 11 is 0. The van der Waals surface area contributed by atoms with Crippen molar-refractivity contribution in [1.82, 2.24) is 0 Å². The molecule has 1 rings (SSSR count). The summed E-state index contributed by atoms with van der Waals surface area (Å²) in [5.74, 6) is 0.401. The Balaban J connectivity index is 2.33. The van der Waals surface area contributed by atoms with Crippen LogP contribution in [0.3, 0.4) is 0 Å². The van der Waals surface area contributed by atoms with Gasteiger partial charge < -0.3 is 0 Å². The fourth-order valence-electron chi connectivity index (χ4n) is 1.49. The Morgan fingerprint density at radius 3 is 2.33 bits per heavy atom. The van der Waals surface area contributed by atoms with Crippen LogP contribution < -0.4 is 0 Å². The van der Waals surface area contributed by atoms with E-state index >= 15 is 0 Å². The van der Waals surface area contributed by atoms with Crippen molar-refractivity contribution < 1.29 is 9.09 Å². The molecule has 0 bridgehead atoms. The summed E-state index contributed by atoms with van der Waals surface area (Å²) < 4.78 is 16.4. The Bertz CT molecular complexity index is 179. The van der Waals surface area contributed by atoms with E-state index in [2.05, 4.69) is 20.8 Å². The first-order valence-electron chi connectivity index (χ1n) is 4.80. The summed E-state index contributed by atoms with van der Waals surface area (Å²) in [5.41, 5.74) is 0. The van der Waals surface area contributed by atoms with Crippen LogP contribution in [-0.4, -0.2) is 5.34 Å². The number of hydrogen-bond donors (Lipinski definition) is 0. The first-order chi connectivity index (χ1) is 5.63. The van der Waals surface area contributed by atoms with Crippen molar-refractivity contribution in [2.24, 2.45) is 5.92 Å². The fraction of sp³-hybridized carbons (Fsp3) is 1.00. The van der Waals surface area contributed by atoms with Gasteiger partial charge in [0.2, 0.25) is 0 Å². The zero-order chi connectivity index (χ0) is 9.19. The Morgan fingerprint density at radius 2 is 2.00 bits per heavy atom. The Kier molecular flexibility index (Phi) is 3.25. The molecule has 0 N–H and O–H groups in total. The predicted octanol–water partition coefficient (Wildman–Crippen LogP) is 3.69.